The van der Waals surface area contributed by atoms with Gasteiger partial charge < -0.3 is 19.7 Å². The Morgan fingerprint density at radius 3 is 1.42 bits per heavy atom. The molecule has 2 heterocycles. The van der Waals surface area contributed by atoms with Gasteiger partial charge in [0, 0.05) is 12.2 Å². The molecule has 0 spiro atoms. The average Bonchev–Trinajstić information content (AvgIpc) is 2.98. The van der Waals surface area contributed by atoms with Gasteiger partial charge in [0.25, 0.3) is 20.0 Å². The topological polar surface area (TPSA) is 186 Å². The number of carbonyl (C=O) groups excluding carboxylic acids is 2. The van der Waals surface area contributed by atoms with Crippen LogP contribution < -0.4 is 0 Å². The highest BCUT2D eigenvalue weighted by atomic mass is 32.2. The zero-order chi connectivity index (χ0) is 18.1. The van der Waals surface area contributed by atoms with E-state index in [9.17, 15) is 36.6 Å². The van der Waals surface area contributed by atoms with Crippen LogP contribution in [0, 0.1) is 0 Å². The molecule has 0 fully saturated rings. The number of carbonyl (C=O) groups is 2. The van der Waals surface area contributed by atoms with E-state index in [0.717, 1.165) is 12.2 Å². The van der Waals surface area contributed by atoms with Gasteiger partial charge in [0.05, 0.1) is 10.8 Å². The molecule has 2 unspecified atom stereocenters. The second-order valence-corrected chi connectivity index (χ2v) is 7.20. The molecule has 12 nitrogen and oxygen atoms in total. The van der Waals surface area contributed by atoms with Gasteiger partial charge >= 0.3 is 11.9 Å². The molecule has 2 aliphatic heterocycles. The smallest absolute Gasteiger partial charge is 0.345 e. The lowest BCUT2D eigenvalue weighted by molar-refractivity contribution is -0.163. The number of esters is 2. The number of aliphatic hydroxyl groups is 2. The third kappa shape index (κ3) is 4.31. The van der Waals surface area contributed by atoms with Crippen molar-refractivity contribution in [2.75, 3.05) is 0 Å². The maximum Gasteiger partial charge on any atom is 0.345 e. The number of nitrogens with zero attached hydrogens (tertiary/aromatic N) is 2. The number of rotatable bonds is 3. The highest BCUT2D eigenvalue weighted by Gasteiger charge is 2.35. The molecule has 14 heteroatoms. The first-order chi connectivity index (χ1) is 11.0. The van der Waals surface area contributed by atoms with Gasteiger partial charge in [0.1, 0.15) is 0 Å². The highest BCUT2D eigenvalue weighted by Crippen LogP contribution is 2.10. The van der Waals surface area contributed by atoms with Crippen molar-refractivity contribution in [3.05, 3.63) is 23.0 Å². The number of hydrogen-bond donors (Lipinski definition) is 2. The standard InChI is InChI=1S/C10H8N2O10S2/c13-7(9(15)21-5-1-3-23(17,18)11-5)8(14)10(16)22-6-2-4-24(19,20)12-6/h1-4,7-8,13-14H. The molecule has 2 atom stereocenters. The summed E-state index contributed by atoms with van der Waals surface area (Å²) in [7, 11) is -7.83. The van der Waals surface area contributed by atoms with Crippen LogP contribution in [0.4, 0.5) is 0 Å². The van der Waals surface area contributed by atoms with E-state index in [4.69, 9.17) is 0 Å². The molecule has 0 aromatic heterocycles. The molecule has 24 heavy (non-hydrogen) atoms. The Labute approximate surface area is 134 Å². The second-order valence-electron chi connectivity index (χ2n) is 4.23. The normalized spacial score (nSPS) is 22.4. The van der Waals surface area contributed by atoms with E-state index in [1.807, 2.05) is 0 Å². The summed E-state index contributed by atoms with van der Waals surface area (Å²) in [5.74, 6) is -4.52. The fourth-order valence-corrected chi connectivity index (χ4v) is 2.75. The number of hydrogen-bond acceptors (Lipinski definition) is 10. The minimum absolute atomic E-state index is 0.623. The lowest BCUT2D eigenvalue weighted by atomic mass is 10.2. The fourth-order valence-electron chi connectivity index (χ4n) is 1.35. The van der Waals surface area contributed by atoms with E-state index in [1.54, 1.807) is 0 Å². The van der Waals surface area contributed by atoms with Crippen LogP contribution >= 0.6 is 0 Å². The third-order valence-electron chi connectivity index (χ3n) is 2.39. The van der Waals surface area contributed by atoms with Gasteiger partial charge in [0.15, 0.2) is 12.2 Å². The molecule has 2 N–H and O–H groups in total. The first-order valence-corrected chi connectivity index (χ1v) is 8.85. The van der Waals surface area contributed by atoms with Gasteiger partial charge in [0.2, 0.25) is 11.8 Å². The van der Waals surface area contributed by atoms with Crippen LogP contribution in [0.1, 0.15) is 0 Å². The van der Waals surface area contributed by atoms with Crippen LogP contribution in [0.5, 0.6) is 0 Å². The highest BCUT2D eigenvalue weighted by molar-refractivity contribution is 7.93. The SMILES string of the molecule is O=C(OC1=NS(=O)(=O)C=C1)C(O)C(O)C(=O)OC1=NS(=O)(=O)C=C1. The van der Waals surface area contributed by atoms with Crippen molar-refractivity contribution in [2.24, 2.45) is 8.80 Å². The summed E-state index contributed by atoms with van der Waals surface area (Å²) in [6.45, 7) is 0. The van der Waals surface area contributed by atoms with E-state index < -0.39 is 56.0 Å². The molecule has 0 saturated carbocycles. The van der Waals surface area contributed by atoms with Gasteiger partial charge in [-0.05, 0) is 0 Å². The lowest BCUT2D eigenvalue weighted by Crippen LogP contribution is -2.42. The summed E-state index contributed by atoms with van der Waals surface area (Å²) in [5, 5.41) is 20.2. The Morgan fingerprint density at radius 1 is 0.833 bits per heavy atom. The van der Waals surface area contributed by atoms with Crippen molar-refractivity contribution in [2.45, 2.75) is 12.2 Å². The first-order valence-electron chi connectivity index (χ1n) is 5.85. The fraction of sp³-hybridized carbons (Fsp3) is 0.200. The van der Waals surface area contributed by atoms with Gasteiger partial charge in [-0.2, -0.15) is 16.8 Å². The van der Waals surface area contributed by atoms with Crippen molar-refractivity contribution >= 4 is 43.8 Å². The van der Waals surface area contributed by atoms with Crippen LogP contribution in [-0.4, -0.2) is 63.0 Å². The molecule has 0 amide bonds. The molecular weight excluding hydrogens is 372 g/mol. The van der Waals surface area contributed by atoms with E-state index in [-0.39, 0.29) is 0 Å². The molecule has 0 saturated heterocycles. The Bertz CT molecular complexity index is 833. The molecule has 130 valence electrons. The molecule has 0 bridgehead atoms. The molecular formula is C10H8N2O10S2. The Balaban J connectivity index is 1.98. The molecule has 2 rings (SSSR count). The maximum absolute atomic E-state index is 11.5. The lowest BCUT2D eigenvalue weighted by Gasteiger charge is -2.14. The molecule has 0 aromatic carbocycles. The zero-order valence-corrected chi connectivity index (χ0v) is 13.0. The monoisotopic (exact) mass is 380 g/mol. The summed E-state index contributed by atoms with van der Waals surface area (Å²) in [6.07, 6.45) is -3.26. The van der Waals surface area contributed by atoms with Crippen molar-refractivity contribution in [1.82, 2.24) is 0 Å². The van der Waals surface area contributed by atoms with Crippen LogP contribution in [-0.2, 0) is 39.1 Å². The van der Waals surface area contributed by atoms with Crippen LogP contribution in [0.25, 0.3) is 0 Å². The van der Waals surface area contributed by atoms with Crippen molar-refractivity contribution in [3.8, 4) is 0 Å². The Hall–Kier alpha value is -2.42. The third-order valence-corrected chi connectivity index (χ3v) is 4.22. The molecule has 2 aliphatic rings. The summed E-state index contributed by atoms with van der Waals surface area (Å²) in [4.78, 5) is 23.0. The summed E-state index contributed by atoms with van der Waals surface area (Å²) >= 11 is 0. The van der Waals surface area contributed by atoms with Crippen LogP contribution in [0.2, 0.25) is 0 Å². The van der Waals surface area contributed by atoms with Crippen LogP contribution in [0.3, 0.4) is 0 Å². The Kier molecular flexibility index (Phi) is 4.66. The quantitative estimate of drug-likeness (QED) is 0.488. The predicted molar refractivity (Wildman–Crippen MR) is 75.2 cm³/mol. The largest absolute Gasteiger partial charge is 0.405 e. The minimum atomic E-state index is -3.92. The van der Waals surface area contributed by atoms with E-state index in [0.29, 0.717) is 10.8 Å². The summed E-state index contributed by atoms with van der Waals surface area (Å²) < 4.78 is 58.5. The molecule has 0 radical (unpaired) electrons. The molecule has 0 aromatic rings. The number of sulfonamides is 2. The van der Waals surface area contributed by atoms with E-state index in [1.165, 1.54) is 0 Å². The average molecular weight is 380 g/mol. The van der Waals surface area contributed by atoms with Gasteiger partial charge in [-0.1, -0.05) is 0 Å². The van der Waals surface area contributed by atoms with Gasteiger partial charge in [-0.3, -0.25) is 0 Å². The zero-order valence-electron chi connectivity index (χ0n) is 11.3. The second kappa shape index (κ2) is 6.23. The molecule has 0 aliphatic carbocycles. The summed E-state index contributed by atoms with van der Waals surface area (Å²) in [6, 6.07) is 0. The van der Waals surface area contributed by atoms with Crippen molar-refractivity contribution in [1.29, 1.82) is 0 Å². The number of ether oxygens (including phenoxy) is 2. The van der Waals surface area contributed by atoms with Gasteiger partial charge in [-0.25, -0.2) is 9.59 Å². The van der Waals surface area contributed by atoms with Crippen LogP contribution in [0.15, 0.2) is 31.8 Å². The van der Waals surface area contributed by atoms with Crippen molar-refractivity contribution < 1.29 is 46.1 Å². The Morgan fingerprint density at radius 2 is 1.17 bits per heavy atom. The minimum Gasteiger partial charge on any atom is -0.405 e. The van der Waals surface area contributed by atoms with E-state index >= 15 is 0 Å². The van der Waals surface area contributed by atoms with Crippen molar-refractivity contribution in [3.63, 3.8) is 0 Å². The first kappa shape index (κ1) is 17.9. The summed E-state index contributed by atoms with van der Waals surface area (Å²) in [5.41, 5.74) is 0. The predicted octanol–water partition coefficient (Wildman–Crippen LogP) is -2.69. The van der Waals surface area contributed by atoms with E-state index in [2.05, 4.69) is 18.3 Å². The van der Waals surface area contributed by atoms with Gasteiger partial charge in [-0.15, -0.1) is 8.80 Å². The maximum atomic E-state index is 11.5. The number of aliphatic hydroxyl groups excluding tert-OH is 2.